The number of anilines is 1. The van der Waals surface area contributed by atoms with Crippen molar-refractivity contribution >= 4 is 29.0 Å². The fraction of sp³-hybridized carbons (Fsp3) is 0.412. The van der Waals surface area contributed by atoms with E-state index in [0.717, 1.165) is 30.9 Å². The average molecular weight is 392 g/mol. The van der Waals surface area contributed by atoms with Crippen molar-refractivity contribution in [1.29, 1.82) is 0 Å². The minimum Gasteiger partial charge on any atom is -0.382 e. The molecule has 2 atom stereocenters. The first-order valence-electron chi connectivity index (χ1n) is 8.51. The van der Waals surface area contributed by atoms with E-state index in [1.807, 2.05) is 4.57 Å². The lowest BCUT2D eigenvalue weighted by molar-refractivity contribution is 0.340. The number of rotatable bonds is 3. The highest BCUT2D eigenvalue weighted by molar-refractivity contribution is 6.35. The second-order valence-electron chi connectivity index (χ2n) is 6.67. The van der Waals surface area contributed by atoms with Crippen molar-refractivity contribution in [3.63, 3.8) is 0 Å². The summed E-state index contributed by atoms with van der Waals surface area (Å²) in [6, 6.07) is 0. The van der Waals surface area contributed by atoms with E-state index in [1.54, 1.807) is 18.7 Å². The number of nitrogen functional groups attached to an aromatic ring is 1. The molecule has 3 aliphatic heterocycles. The molecule has 1 aromatic heterocycles. The van der Waals surface area contributed by atoms with Crippen LogP contribution in [-0.2, 0) is 6.54 Å². The van der Waals surface area contributed by atoms with Crippen molar-refractivity contribution in [2.75, 3.05) is 18.8 Å². The summed E-state index contributed by atoms with van der Waals surface area (Å²) in [7, 11) is 0. The molecule has 1 fully saturated rings. The Labute approximate surface area is 161 Å². The van der Waals surface area contributed by atoms with E-state index < -0.39 is 0 Å². The van der Waals surface area contributed by atoms with Crippen molar-refractivity contribution < 1.29 is 0 Å². The quantitative estimate of drug-likeness (QED) is 0.712. The summed E-state index contributed by atoms with van der Waals surface area (Å²) >= 11 is 12.5. The number of aromatic nitrogens is 5. The molecular weight excluding hydrogens is 373 g/mol. The molecule has 0 aliphatic carbocycles. The SMILES string of the molecule is C[C@H]1CNCCC1c1nc2c(N)ncn(Cc3c(Cl)cncc3Cl)c-2n1. The standard InChI is InChI=1S/C17H19Cl2N7/c1-9-4-21-3-2-10(9)16-24-14-15(20)23-8-26(17(14)25-16)7-11-12(18)5-22-6-13(11)19/h5-6,8-10,21H,2-4,7,20H2,1H3/t9-,10?/m0/s1. The third kappa shape index (κ3) is 3.11. The van der Waals surface area contributed by atoms with E-state index in [-0.39, 0.29) is 0 Å². The molecule has 1 aromatic rings. The van der Waals surface area contributed by atoms with Gasteiger partial charge in [0.15, 0.2) is 17.3 Å². The van der Waals surface area contributed by atoms with Crippen LogP contribution in [-0.4, -0.2) is 37.6 Å². The van der Waals surface area contributed by atoms with Gasteiger partial charge in [0, 0.05) is 23.9 Å². The second-order valence-corrected chi connectivity index (χ2v) is 7.48. The molecule has 136 valence electrons. The Morgan fingerprint density at radius 2 is 2.04 bits per heavy atom. The number of hydrogen-bond donors (Lipinski definition) is 2. The zero-order valence-corrected chi connectivity index (χ0v) is 15.8. The summed E-state index contributed by atoms with van der Waals surface area (Å²) in [6.07, 6.45) is 5.80. The third-order valence-corrected chi connectivity index (χ3v) is 5.56. The van der Waals surface area contributed by atoms with Gasteiger partial charge in [-0.3, -0.25) is 4.98 Å². The van der Waals surface area contributed by atoms with Gasteiger partial charge in [0.1, 0.15) is 5.82 Å². The number of nitrogens with one attached hydrogen (secondary N) is 1. The maximum Gasteiger partial charge on any atom is 0.166 e. The molecule has 1 saturated heterocycles. The minimum absolute atomic E-state index is 0.310. The molecule has 0 amide bonds. The Morgan fingerprint density at radius 1 is 1.27 bits per heavy atom. The van der Waals surface area contributed by atoms with Crippen molar-refractivity contribution in [1.82, 2.24) is 29.8 Å². The highest BCUT2D eigenvalue weighted by Gasteiger charge is 2.29. The molecule has 26 heavy (non-hydrogen) atoms. The number of fused-ring (bicyclic) bond motifs is 1. The summed E-state index contributed by atoms with van der Waals surface area (Å²) in [5.41, 5.74) is 7.44. The number of pyridine rings is 1. The summed E-state index contributed by atoms with van der Waals surface area (Å²) in [6.45, 7) is 4.56. The Kier molecular flexibility index (Phi) is 4.69. The van der Waals surface area contributed by atoms with Gasteiger partial charge in [-0.25, -0.2) is 15.0 Å². The molecule has 3 N–H and O–H groups in total. The lowest BCUT2D eigenvalue weighted by Crippen LogP contribution is -2.34. The van der Waals surface area contributed by atoms with E-state index in [0.29, 0.717) is 45.8 Å². The van der Waals surface area contributed by atoms with Crippen molar-refractivity contribution in [3.8, 4) is 11.5 Å². The fourth-order valence-electron chi connectivity index (χ4n) is 3.41. The minimum atomic E-state index is 0.310. The van der Waals surface area contributed by atoms with Gasteiger partial charge in [-0.05, 0) is 25.4 Å². The molecule has 3 aliphatic rings. The number of nitrogens with zero attached hydrogens (tertiary/aromatic N) is 5. The first-order chi connectivity index (χ1) is 12.5. The topological polar surface area (TPSA) is 94.5 Å². The normalized spacial score (nSPS) is 20.6. The smallest absolute Gasteiger partial charge is 0.166 e. The first-order valence-corrected chi connectivity index (χ1v) is 9.27. The molecule has 0 saturated carbocycles. The maximum atomic E-state index is 6.26. The number of imidazole rings is 1. The zero-order valence-electron chi connectivity index (χ0n) is 14.3. The monoisotopic (exact) mass is 391 g/mol. The fourth-order valence-corrected chi connectivity index (χ4v) is 3.89. The van der Waals surface area contributed by atoms with Crippen molar-refractivity contribution in [2.45, 2.75) is 25.8 Å². The lowest BCUT2D eigenvalue weighted by atomic mass is 9.87. The highest BCUT2D eigenvalue weighted by Crippen LogP contribution is 2.33. The van der Waals surface area contributed by atoms with Gasteiger partial charge in [-0.2, -0.15) is 0 Å². The number of piperidine rings is 1. The van der Waals surface area contributed by atoms with Gasteiger partial charge >= 0.3 is 0 Å². The van der Waals surface area contributed by atoms with Crippen LogP contribution in [0.4, 0.5) is 5.82 Å². The number of halogens is 2. The maximum absolute atomic E-state index is 6.26. The van der Waals surface area contributed by atoms with Crippen LogP contribution in [0.1, 0.15) is 30.7 Å². The zero-order chi connectivity index (χ0) is 18.3. The molecule has 7 nitrogen and oxygen atoms in total. The molecule has 0 bridgehead atoms. The third-order valence-electron chi connectivity index (χ3n) is 4.91. The van der Waals surface area contributed by atoms with Crippen molar-refractivity contribution in [3.05, 3.63) is 40.2 Å². The highest BCUT2D eigenvalue weighted by atomic mass is 35.5. The van der Waals surface area contributed by atoms with Gasteiger partial charge in [0.2, 0.25) is 0 Å². The predicted octanol–water partition coefficient (Wildman–Crippen LogP) is 2.82. The molecule has 9 heteroatoms. The lowest BCUT2D eigenvalue weighted by Gasteiger charge is -2.27. The van der Waals surface area contributed by atoms with E-state index >= 15 is 0 Å². The number of nitrogens with two attached hydrogens (primary N) is 1. The largest absolute Gasteiger partial charge is 0.382 e. The van der Waals surface area contributed by atoms with Crippen LogP contribution in [0.25, 0.3) is 11.5 Å². The summed E-state index contributed by atoms with van der Waals surface area (Å²) in [5, 5.41) is 4.41. The van der Waals surface area contributed by atoms with Gasteiger partial charge in [-0.15, -0.1) is 0 Å². The summed E-state index contributed by atoms with van der Waals surface area (Å²) in [4.78, 5) is 17.8. The van der Waals surface area contributed by atoms with Crippen LogP contribution in [0.5, 0.6) is 0 Å². The Bertz CT molecular complexity index is 890. The number of hydrogen-bond acceptors (Lipinski definition) is 6. The molecule has 0 spiro atoms. The second kappa shape index (κ2) is 6.98. The van der Waals surface area contributed by atoms with E-state index in [9.17, 15) is 0 Å². The van der Waals surface area contributed by atoms with Gasteiger partial charge in [-0.1, -0.05) is 30.1 Å². The Morgan fingerprint density at radius 3 is 2.77 bits per heavy atom. The Balaban J connectivity index is 1.76. The van der Waals surface area contributed by atoms with Gasteiger partial charge < -0.3 is 15.6 Å². The van der Waals surface area contributed by atoms with Crippen LogP contribution in [0.3, 0.4) is 0 Å². The van der Waals surface area contributed by atoms with Crippen LogP contribution in [0.15, 0.2) is 18.7 Å². The summed E-state index contributed by atoms with van der Waals surface area (Å²) < 4.78 is 1.88. The summed E-state index contributed by atoms with van der Waals surface area (Å²) in [5.74, 6) is 2.68. The van der Waals surface area contributed by atoms with E-state index in [2.05, 4.69) is 22.2 Å². The molecule has 0 aromatic carbocycles. The van der Waals surface area contributed by atoms with Crippen molar-refractivity contribution in [2.24, 2.45) is 5.92 Å². The molecule has 1 unspecified atom stereocenters. The molecular formula is C17H19Cl2N7. The predicted molar refractivity (Wildman–Crippen MR) is 102 cm³/mol. The van der Waals surface area contributed by atoms with Gasteiger partial charge in [0.05, 0.1) is 22.9 Å². The van der Waals surface area contributed by atoms with Gasteiger partial charge in [0.25, 0.3) is 0 Å². The van der Waals surface area contributed by atoms with Crippen LogP contribution in [0.2, 0.25) is 10.0 Å². The molecule has 4 rings (SSSR count). The van der Waals surface area contributed by atoms with Crippen LogP contribution >= 0.6 is 23.2 Å². The molecule has 0 radical (unpaired) electrons. The van der Waals surface area contributed by atoms with E-state index in [4.69, 9.17) is 38.9 Å². The van der Waals surface area contributed by atoms with E-state index in [1.165, 1.54) is 0 Å². The Hall–Kier alpha value is -1.96. The van der Waals surface area contributed by atoms with Crippen LogP contribution in [0, 0.1) is 5.92 Å². The van der Waals surface area contributed by atoms with Crippen LogP contribution < -0.4 is 11.1 Å². The first kappa shape index (κ1) is 17.5. The average Bonchev–Trinajstić information content (AvgIpc) is 3.07. The molecule has 4 heterocycles.